The monoisotopic (exact) mass is 458 g/mol. The molecule has 2 unspecified atom stereocenters. The smallest absolute Gasteiger partial charge is 0.243 e. The van der Waals surface area contributed by atoms with E-state index < -0.39 is 10.0 Å². The van der Waals surface area contributed by atoms with Gasteiger partial charge in [0.05, 0.1) is 4.90 Å². The van der Waals surface area contributed by atoms with Gasteiger partial charge in [0.15, 0.2) is 11.5 Å². The summed E-state index contributed by atoms with van der Waals surface area (Å²) in [4.78, 5) is 14.9. The Balaban J connectivity index is 1.20. The Morgan fingerprint density at radius 1 is 0.906 bits per heavy atom. The number of nitrogens with zero attached hydrogens (tertiary/aromatic N) is 2. The Hall–Kier alpha value is -2.66. The van der Waals surface area contributed by atoms with Crippen LogP contribution in [0, 0.1) is 0 Å². The van der Waals surface area contributed by atoms with Crippen molar-refractivity contribution in [2.24, 2.45) is 0 Å². The number of hydrazine groups is 1. The molecule has 2 aromatic rings. The van der Waals surface area contributed by atoms with Crippen molar-refractivity contribution >= 4 is 15.9 Å². The molecule has 2 aromatic carbocycles. The molecule has 3 aliphatic heterocycles. The van der Waals surface area contributed by atoms with Crippen molar-refractivity contribution in [3.8, 4) is 11.5 Å². The van der Waals surface area contributed by atoms with Gasteiger partial charge in [-0.1, -0.05) is 30.3 Å². The number of nitrogens with one attached hydrogen (secondary N) is 2. The van der Waals surface area contributed by atoms with E-state index in [0.717, 1.165) is 5.56 Å². The minimum absolute atomic E-state index is 0.00712. The summed E-state index contributed by atoms with van der Waals surface area (Å²) in [6.45, 7) is 2.07. The molecule has 3 heterocycles. The van der Waals surface area contributed by atoms with Gasteiger partial charge < -0.3 is 14.4 Å². The fraction of sp³-hybridized carbons (Fsp3) is 0.409. The van der Waals surface area contributed by atoms with E-state index in [-0.39, 0.29) is 36.0 Å². The molecule has 0 bridgehead atoms. The molecule has 0 saturated carbocycles. The number of ether oxygens (including phenoxy) is 2. The molecule has 2 saturated heterocycles. The Labute approximate surface area is 187 Å². The number of fused-ring (bicyclic) bond motifs is 1. The molecule has 3 aliphatic rings. The topological polar surface area (TPSA) is 100 Å². The van der Waals surface area contributed by atoms with Gasteiger partial charge in [-0.15, -0.1) is 0 Å². The molecule has 2 atom stereocenters. The van der Waals surface area contributed by atoms with Crippen molar-refractivity contribution in [2.75, 3.05) is 39.4 Å². The van der Waals surface area contributed by atoms with Crippen LogP contribution < -0.4 is 20.3 Å². The van der Waals surface area contributed by atoms with Gasteiger partial charge in [-0.25, -0.2) is 19.3 Å². The molecule has 5 rings (SSSR count). The Morgan fingerprint density at radius 2 is 1.62 bits per heavy atom. The third-order valence-electron chi connectivity index (χ3n) is 6.10. The predicted molar refractivity (Wildman–Crippen MR) is 117 cm³/mol. The second-order valence-corrected chi connectivity index (χ2v) is 10.0. The summed E-state index contributed by atoms with van der Waals surface area (Å²) in [6, 6.07) is 14.4. The van der Waals surface area contributed by atoms with Gasteiger partial charge in [0, 0.05) is 38.3 Å². The molecule has 0 spiro atoms. The number of hydrogen-bond donors (Lipinski definition) is 2. The predicted octanol–water partition coefficient (Wildman–Crippen LogP) is 0.899. The summed E-state index contributed by atoms with van der Waals surface area (Å²) in [5.41, 5.74) is 7.43. The molecule has 2 N–H and O–H groups in total. The number of hydrogen-bond acceptors (Lipinski definition) is 7. The maximum Gasteiger partial charge on any atom is 0.243 e. The third-order valence-corrected chi connectivity index (χ3v) is 8.00. The molecule has 10 heteroatoms. The van der Waals surface area contributed by atoms with E-state index in [4.69, 9.17) is 9.47 Å². The van der Waals surface area contributed by atoms with Crippen LogP contribution in [0.25, 0.3) is 0 Å². The molecule has 1 amide bonds. The van der Waals surface area contributed by atoms with E-state index in [9.17, 15) is 13.2 Å². The van der Waals surface area contributed by atoms with Crippen LogP contribution in [-0.4, -0.2) is 69.0 Å². The summed E-state index contributed by atoms with van der Waals surface area (Å²) in [5.74, 6) is 0.989. The highest BCUT2D eigenvalue weighted by Gasteiger charge is 2.36. The van der Waals surface area contributed by atoms with Gasteiger partial charge in [0.1, 0.15) is 19.3 Å². The van der Waals surface area contributed by atoms with Crippen LogP contribution in [0.4, 0.5) is 0 Å². The molecular formula is C22H26N4O5S. The van der Waals surface area contributed by atoms with Crippen molar-refractivity contribution in [1.82, 2.24) is 20.1 Å². The van der Waals surface area contributed by atoms with Crippen LogP contribution in [0.2, 0.25) is 0 Å². The molecule has 170 valence electrons. The van der Waals surface area contributed by atoms with Crippen LogP contribution in [0.15, 0.2) is 53.4 Å². The fourth-order valence-electron chi connectivity index (χ4n) is 4.32. The lowest BCUT2D eigenvalue weighted by molar-refractivity contribution is -0.134. The number of piperazine rings is 1. The highest BCUT2D eigenvalue weighted by atomic mass is 32.2. The van der Waals surface area contributed by atoms with Crippen LogP contribution in [0.3, 0.4) is 0 Å². The molecule has 0 aromatic heterocycles. The standard InChI is InChI=1S/C22H26N4O5S/c27-22(19-15-18(23-24-19)16-4-2-1-3-5-16)25-8-10-26(11-9-25)32(28,29)17-6-7-20-21(14-17)31-13-12-30-20/h1-7,14,18-19,23-24H,8-13,15H2. The van der Waals surface area contributed by atoms with Crippen molar-refractivity contribution in [1.29, 1.82) is 0 Å². The van der Waals surface area contributed by atoms with E-state index >= 15 is 0 Å². The molecular weight excluding hydrogens is 432 g/mol. The SMILES string of the molecule is O=C(C1CC(c2ccccc2)NN1)N1CCN(S(=O)(=O)c2ccc3c(c2)OCCO3)CC1. The average Bonchev–Trinajstić information content (AvgIpc) is 3.34. The van der Waals surface area contributed by atoms with Gasteiger partial charge in [0.25, 0.3) is 0 Å². The zero-order chi connectivity index (χ0) is 22.1. The van der Waals surface area contributed by atoms with Gasteiger partial charge >= 0.3 is 0 Å². The number of rotatable bonds is 4. The largest absolute Gasteiger partial charge is 0.486 e. The van der Waals surface area contributed by atoms with Crippen LogP contribution >= 0.6 is 0 Å². The zero-order valence-corrected chi connectivity index (χ0v) is 18.4. The van der Waals surface area contributed by atoms with Crippen molar-refractivity contribution < 1.29 is 22.7 Å². The summed E-state index contributed by atoms with van der Waals surface area (Å²) < 4.78 is 38.6. The summed E-state index contributed by atoms with van der Waals surface area (Å²) >= 11 is 0. The number of benzene rings is 2. The van der Waals surface area contributed by atoms with Crippen LogP contribution in [0.5, 0.6) is 11.5 Å². The van der Waals surface area contributed by atoms with E-state index in [1.807, 2.05) is 30.3 Å². The minimum Gasteiger partial charge on any atom is -0.486 e. The first-order valence-electron chi connectivity index (χ1n) is 10.8. The zero-order valence-electron chi connectivity index (χ0n) is 17.6. The van der Waals surface area contributed by atoms with E-state index in [0.29, 0.717) is 44.2 Å². The van der Waals surface area contributed by atoms with Crippen molar-refractivity contribution in [3.05, 3.63) is 54.1 Å². The van der Waals surface area contributed by atoms with Gasteiger partial charge in [-0.3, -0.25) is 4.79 Å². The molecule has 0 radical (unpaired) electrons. The molecule has 9 nitrogen and oxygen atoms in total. The van der Waals surface area contributed by atoms with Crippen LogP contribution in [-0.2, 0) is 14.8 Å². The molecule has 32 heavy (non-hydrogen) atoms. The quantitative estimate of drug-likeness (QED) is 0.702. The summed E-state index contributed by atoms with van der Waals surface area (Å²) in [7, 11) is -3.68. The molecule has 0 aliphatic carbocycles. The van der Waals surface area contributed by atoms with Gasteiger partial charge in [-0.2, -0.15) is 4.31 Å². The summed E-state index contributed by atoms with van der Waals surface area (Å²) in [5, 5.41) is 0. The number of carbonyl (C=O) groups excluding carboxylic acids is 1. The normalized spacial score (nSPS) is 23.8. The fourth-order valence-corrected chi connectivity index (χ4v) is 5.76. The van der Waals surface area contributed by atoms with E-state index in [1.165, 1.54) is 16.4 Å². The second-order valence-electron chi connectivity index (χ2n) is 8.08. The highest BCUT2D eigenvalue weighted by molar-refractivity contribution is 7.89. The molecule has 2 fully saturated rings. The number of amides is 1. The van der Waals surface area contributed by atoms with Gasteiger partial charge in [-0.05, 0) is 24.1 Å². The first-order valence-corrected chi connectivity index (χ1v) is 12.2. The number of carbonyl (C=O) groups is 1. The van der Waals surface area contributed by atoms with E-state index in [2.05, 4.69) is 10.9 Å². The minimum atomic E-state index is -3.68. The van der Waals surface area contributed by atoms with Crippen molar-refractivity contribution in [2.45, 2.75) is 23.4 Å². The lowest BCUT2D eigenvalue weighted by Gasteiger charge is -2.35. The highest BCUT2D eigenvalue weighted by Crippen LogP contribution is 2.33. The lowest BCUT2D eigenvalue weighted by Crippen LogP contribution is -2.54. The van der Waals surface area contributed by atoms with Gasteiger partial charge in [0.2, 0.25) is 15.9 Å². The first-order chi connectivity index (χ1) is 15.5. The van der Waals surface area contributed by atoms with Crippen molar-refractivity contribution in [3.63, 3.8) is 0 Å². The summed E-state index contributed by atoms with van der Waals surface area (Å²) in [6.07, 6.45) is 0.651. The second kappa shape index (κ2) is 8.70. The van der Waals surface area contributed by atoms with Crippen LogP contribution in [0.1, 0.15) is 18.0 Å². The number of sulfonamides is 1. The lowest BCUT2D eigenvalue weighted by atomic mass is 10.0. The Bertz CT molecular complexity index is 1090. The average molecular weight is 459 g/mol. The van der Waals surface area contributed by atoms with E-state index in [1.54, 1.807) is 11.0 Å². The first kappa shape index (κ1) is 21.2. The Morgan fingerprint density at radius 3 is 2.38 bits per heavy atom. The maximum atomic E-state index is 13.1. The maximum absolute atomic E-state index is 13.1. The third kappa shape index (κ3) is 4.06. The Kier molecular flexibility index (Phi) is 5.76.